The number of carbonyl (C=O) groups is 2. The molecule has 0 radical (unpaired) electrons. The summed E-state index contributed by atoms with van der Waals surface area (Å²) < 4.78 is 53.1. The predicted octanol–water partition coefficient (Wildman–Crippen LogP) is 7.26. The lowest BCUT2D eigenvalue weighted by atomic mass is 10.1. The third kappa shape index (κ3) is 6.74. The van der Waals surface area contributed by atoms with Crippen LogP contribution in [0.3, 0.4) is 0 Å². The monoisotopic (exact) mass is 510 g/mol. The van der Waals surface area contributed by atoms with Crippen LogP contribution in [0.4, 0.5) is 28.9 Å². The molecule has 3 aromatic rings. The molecule has 4 nitrogen and oxygen atoms in total. The van der Waals surface area contributed by atoms with E-state index in [9.17, 15) is 27.2 Å². The van der Waals surface area contributed by atoms with E-state index in [4.69, 9.17) is 11.6 Å². The summed E-state index contributed by atoms with van der Waals surface area (Å²) in [6.07, 6.45) is -4.34. The van der Waals surface area contributed by atoms with Gasteiger partial charge in [-0.3, -0.25) is 9.59 Å². The second kappa shape index (κ2) is 10.9. The molecule has 0 aromatic heterocycles. The minimum absolute atomic E-state index is 0.0914. The van der Waals surface area contributed by atoms with Crippen molar-refractivity contribution in [1.29, 1.82) is 0 Å². The van der Waals surface area contributed by atoms with E-state index in [2.05, 4.69) is 10.6 Å². The molecule has 1 unspecified atom stereocenters. The maximum atomic E-state index is 13.3. The SMILES string of the molecule is CCC(Sc1cccc(NC(=O)c2ccc(F)cc2)c1)C(=O)Nc1ccc(Cl)cc1C(F)(F)F. The van der Waals surface area contributed by atoms with Crippen LogP contribution in [0.25, 0.3) is 0 Å². The largest absolute Gasteiger partial charge is 0.418 e. The third-order valence-electron chi connectivity index (χ3n) is 4.68. The van der Waals surface area contributed by atoms with Crippen molar-refractivity contribution in [3.63, 3.8) is 0 Å². The molecule has 0 saturated carbocycles. The van der Waals surface area contributed by atoms with Gasteiger partial charge in [0.25, 0.3) is 5.91 Å². The Balaban J connectivity index is 1.71. The van der Waals surface area contributed by atoms with E-state index in [1.54, 1.807) is 31.2 Å². The van der Waals surface area contributed by atoms with Gasteiger partial charge in [-0.05, 0) is 67.1 Å². The second-order valence-corrected chi connectivity index (χ2v) is 8.89. The van der Waals surface area contributed by atoms with Crippen molar-refractivity contribution in [3.8, 4) is 0 Å². The minimum Gasteiger partial charge on any atom is -0.325 e. The maximum absolute atomic E-state index is 13.3. The lowest BCUT2D eigenvalue weighted by Crippen LogP contribution is -2.26. The average molecular weight is 511 g/mol. The number of halogens is 5. The van der Waals surface area contributed by atoms with Gasteiger partial charge in [-0.1, -0.05) is 24.6 Å². The number of hydrogen-bond donors (Lipinski definition) is 2. The Bertz CT molecular complexity index is 1190. The number of benzene rings is 3. The standard InChI is InChI=1S/C24H19ClF4N2O2S/c1-2-21(23(33)31-20-11-8-15(25)12-19(20)24(27,28)29)34-18-5-3-4-17(13-18)30-22(32)14-6-9-16(26)10-7-14/h3-13,21H,2H2,1H3,(H,30,32)(H,31,33). The molecule has 2 N–H and O–H groups in total. The highest BCUT2D eigenvalue weighted by molar-refractivity contribution is 8.00. The highest BCUT2D eigenvalue weighted by Crippen LogP contribution is 2.37. The molecular weight excluding hydrogens is 492 g/mol. The van der Waals surface area contributed by atoms with Crippen molar-refractivity contribution in [2.24, 2.45) is 0 Å². The van der Waals surface area contributed by atoms with Crippen LogP contribution in [0.15, 0.2) is 71.6 Å². The number of hydrogen-bond acceptors (Lipinski definition) is 3. The molecule has 3 aromatic carbocycles. The Labute approximate surface area is 202 Å². The van der Waals surface area contributed by atoms with E-state index >= 15 is 0 Å². The van der Waals surface area contributed by atoms with E-state index in [0.717, 1.165) is 23.9 Å². The summed E-state index contributed by atoms with van der Waals surface area (Å²) in [6, 6.07) is 14.9. The van der Waals surface area contributed by atoms with Gasteiger partial charge >= 0.3 is 6.18 Å². The molecule has 0 aliphatic carbocycles. The fourth-order valence-electron chi connectivity index (χ4n) is 3.01. The van der Waals surface area contributed by atoms with E-state index < -0.39 is 34.6 Å². The van der Waals surface area contributed by atoms with Crippen molar-refractivity contribution in [2.45, 2.75) is 29.7 Å². The number of carbonyl (C=O) groups excluding carboxylic acids is 2. The predicted molar refractivity (Wildman–Crippen MR) is 126 cm³/mol. The lowest BCUT2D eigenvalue weighted by molar-refractivity contribution is -0.137. The smallest absolute Gasteiger partial charge is 0.325 e. The van der Waals surface area contributed by atoms with E-state index in [1.807, 2.05) is 0 Å². The zero-order valence-electron chi connectivity index (χ0n) is 17.7. The van der Waals surface area contributed by atoms with Crippen molar-refractivity contribution >= 4 is 46.6 Å². The van der Waals surface area contributed by atoms with Crippen molar-refractivity contribution in [2.75, 3.05) is 10.6 Å². The van der Waals surface area contributed by atoms with Crippen LogP contribution < -0.4 is 10.6 Å². The number of rotatable bonds is 7. The first-order valence-electron chi connectivity index (χ1n) is 10.1. The Hall–Kier alpha value is -3.04. The van der Waals surface area contributed by atoms with Gasteiger partial charge in [0.1, 0.15) is 5.82 Å². The fraction of sp³-hybridized carbons (Fsp3) is 0.167. The number of thioether (sulfide) groups is 1. The molecule has 0 spiro atoms. The Morgan fingerprint density at radius 1 is 1.00 bits per heavy atom. The second-order valence-electron chi connectivity index (χ2n) is 7.18. The quantitative estimate of drug-likeness (QED) is 0.260. The highest BCUT2D eigenvalue weighted by atomic mass is 35.5. The molecule has 0 heterocycles. The molecule has 34 heavy (non-hydrogen) atoms. The Morgan fingerprint density at radius 2 is 1.71 bits per heavy atom. The lowest BCUT2D eigenvalue weighted by Gasteiger charge is -2.18. The van der Waals surface area contributed by atoms with Gasteiger partial charge in [0.15, 0.2) is 0 Å². The molecule has 3 rings (SSSR count). The van der Waals surface area contributed by atoms with E-state index in [-0.39, 0.29) is 16.3 Å². The third-order valence-corrected chi connectivity index (χ3v) is 6.28. The molecule has 10 heteroatoms. The molecule has 0 aliphatic heterocycles. The molecule has 0 aliphatic rings. The van der Waals surface area contributed by atoms with Crippen LogP contribution in [0.5, 0.6) is 0 Å². The van der Waals surface area contributed by atoms with E-state index in [0.29, 0.717) is 17.0 Å². The van der Waals surface area contributed by atoms with Gasteiger partial charge in [0, 0.05) is 21.2 Å². The van der Waals surface area contributed by atoms with Crippen LogP contribution in [-0.4, -0.2) is 17.1 Å². The summed E-state index contributed by atoms with van der Waals surface area (Å²) in [5.74, 6) is -1.49. The normalized spacial score (nSPS) is 12.2. The summed E-state index contributed by atoms with van der Waals surface area (Å²) in [5, 5.41) is 4.26. The Morgan fingerprint density at radius 3 is 2.35 bits per heavy atom. The summed E-state index contributed by atoms with van der Waals surface area (Å²) in [5.41, 5.74) is -0.680. The molecule has 0 saturated heterocycles. The first-order chi connectivity index (χ1) is 16.1. The zero-order chi connectivity index (χ0) is 24.9. The topological polar surface area (TPSA) is 58.2 Å². The first kappa shape index (κ1) is 25.6. The molecule has 1 atom stereocenters. The number of alkyl halides is 3. The van der Waals surface area contributed by atoms with Gasteiger partial charge in [0.2, 0.25) is 5.91 Å². The zero-order valence-corrected chi connectivity index (χ0v) is 19.3. The molecule has 178 valence electrons. The van der Waals surface area contributed by atoms with Crippen LogP contribution in [-0.2, 0) is 11.0 Å². The van der Waals surface area contributed by atoms with Gasteiger partial charge in [-0.15, -0.1) is 11.8 Å². The minimum atomic E-state index is -4.68. The highest BCUT2D eigenvalue weighted by Gasteiger charge is 2.34. The fourth-order valence-corrected chi connectivity index (χ4v) is 4.20. The summed E-state index contributed by atoms with van der Waals surface area (Å²) >= 11 is 6.84. The molecule has 2 amide bonds. The van der Waals surface area contributed by atoms with Gasteiger partial charge in [-0.2, -0.15) is 13.2 Å². The van der Waals surface area contributed by atoms with Crippen molar-refractivity contribution in [3.05, 3.63) is 88.7 Å². The van der Waals surface area contributed by atoms with Crippen molar-refractivity contribution < 1.29 is 27.2 Å². The van der Waals surface area contributed by atoms with E-state index in [1.165, 1.54) is 30.3 Å². The average Bonchev–Trinajstić information content (AvgIpc) is 2.78. The summed E-state index contributed by atoms with van der Waals surface area (Å²) in [6.45, 7) is 1.74. The number of anilines is 2. The first-order valence-corrected chi connectivity index (χ1v) is 11.3. The number of amides is 2. The summed E-state index contributed by atoms with van der Waals surface area (Å²) in [4.78, 5) is 25.7. The van der Waals surface area contributed by atoms with Gasteiger partial charge < -0.3 is 10.6 Å². The number of nitrogens with one attached hydrogen (secondary N) is 2. The molecule has 0 fully saturated rings. The Kier molecular flexibility index (Phi) is 8.22. The van der Waals surface area contributed by atoms with Crippen molar-refractivity contribution in [1.82, 2.24) is 0 Å². The van der Waals surface area contributed by atoms with Crippen LogP contribution in [0, 0.1) is 5.82 Å². The molecular formula is C24H19ClF4N2O2S. The van der Waals surface area contributed by atoms with Crippen LogP contribution in [0.2, 0.25) is 5.02 Å². The van der Waals surface area contributed by atoms with Gasteiger partial charge in [0.05, 0.1) is 16.5 Å². The van der Waals surface area contributed by atoms with Crippen LogP contribution in [0.1, 0.15) is 29.3 Å². The van der Waals surface area contributed by atoms with Crippen LogP contribution >= 0.6 is 23.4 Å². The summed E-state index contributed by atoms with van der Waals surface area (Å²) in [7, 11) is 0. The van der Waals surface area contributed by atoms with Gasteiger partial charge in [-0.25, -0.2) is 4.39 Å². The molecule has 0 bridgehead atoms. The maximum Gasteiger partial charge on any atom is 0.418 e.